The van der Waals surface area contributed by atoms with Crippen molar-refractivity contribution in [2.75, 3.05) is 5.32 Å². The summed E-state index contributed by atoms with van der Waals surface area (Å²) in [4.78, 5) is 10.2. The summed E-state index contributed by atoms with van der Waals surface area (Å²) in [6, 6.07) is 10.3. The number of hydrogen-bond acceptors (Lipinski definition) is 4. The minimum absolute atomic E-state index is 0.0176. The normalized spacial score (nSPS) is 9.85. The van der Waals surface area contributed by atoms with Crippen molar-refractivity contribution in [2.24, 2.45) is 0 Å². The molecule has 0 heterocycles. The molecule has 5 nitrogen and oxygen atoms in total. The molecule has 0 saturated heterocycles. The fraction of sp³-hybridized carbons (Fsp3) is 0.0714. The molecule has 2 rings (SSSR count). The Morgan fingerprint density at radius 2 is 2.00 bits per heavy atom. The second-order valence-electron chi connectivity index (χ2n) is 4.24. The van der Waals surface area contributed by atoms with Gasteiger partial charge in [-0.2, -0.15) is 5.26 Å². The zero-order chi connectivity index (χ0) is 14.7. The Morgan fingerprint density at radius 1 is 1.25 bits per heavy atom. The van der Waals surface area contributed by atoms with Gasteiger partial charge in [0, 0.05) is 17.4 Å². The molecule has 0 saturated carbocycles. The SMILES string of the molecule is Cc1cc(F)cc(Nc2ccc(C#N)c([N+](=O)[O-])c2)c1. The first kappa shape index (κ1) is 13.5. The van der Waals surface area contributed by atoms with Crippen molar-refractivity contribution in [1.29, 1.82) is 5.26 Å². The Labute approximate surface area is 114 Å². The number of nitro groups is 1. The van der Waals surface area contributed by atoms with E-state index in [1.54, 1.807) is 19.1 Å². The summed E-state index contributed by atoms with van der Waals surface area (Å²) in [6.07, 6.45) is 0. The van der Waals surface area contributed by atoms with Crippen molar-refractivity contribution in [3.63, 3.8) is 0 Å². The van der Waals surface area contributed by atoms with E-state index in [2.05, 4.69) is 5.32 Å². The van der Waals surface area contributed by atoms with Crippen LogP contribution in [0.5, 0.6) is 0 Å². The van der Waals surface area contributed by atoms with E-state index in [9.17, 15) is 14.5 Å². The molecule has 0 aliphatic heterocycles. The van der Waals surface area contributed by atoms with Gasteiger partial charge in [0.05, 0.1) is 4.92 Å². The van der Waals surface area contributed by atoms with E-state index in [1.807, 2.05) is 0 Å². The molecule has 0 bridgehead atoms. The zero-order valence-electron chi connectivity index (χ0n) is 10.6. The highest BCUT2D eigenvalue weighted by Gasteiger charge is 2.14. The fourth-order valence-electron chi connectivity index (χ4n) is 1.83. The molecule has 0 aromatic heterocycles. The number of aryl methyl sites for hydroxylation is 1. The Morgan fingerprint density at radius 3 is 2.60 bits per heavy atom. The maximum Gasteiger partial charge on any atom is 0.289 e. The summed E-state index contributed by atoms with van der Waals surface area (Å²) in [5.74, 6) is -0.393. The second kappa shape index (κ2) is 5.36. The first-order chi connectivity index (χ1) is 9.49. The lowest BCUT2D eigenvalue weighted by atomic mass is 10.1. The lowest BCUT2D eigenvalue weighted by Crippen LogP contribution is -1.96. The number of benzene rings is 2. The summed E-state index contributed by atoms with van der Waals surface area (Å²) < 4.78 is 13.3. The number of halogens is 1. The van der Waals surface area contributed by atoms with E-state index in [0.717, 1.165) is 5.56 Å². The molecule has 6 heteroatoms. The van der Waals surface area contributed by atoms with E-state index >= 15 is 0 Å². The third-order valence-electron chi connectivity index (χ3n) is 2.65. The summed E-state index contributed by atoms with van der Waals surface area (Å²) in [6.45, 7) is 1.75. The third-order valence-corrected chi connectivity index (χ3v) is 2.65. The van der Waals surface area contributed by atoms with Gasteiger partial charge >= 0.3 is 0 Å². The van der Waals surface area contributed by atoms with Crippen LogP contribution < -0.4 is 5.32 Å². The Hall–Kier alpha value is -2.94. The maximum absolute atomic E-state index is 13.3. The molecule has 2 aromatic carbocycles. The predicted molar refractivity (Wildman–Crippen MR) is 72.2 cm³/mol. The molecule has 0 aliphatic carbocycles. The summed E-state index contributed by atoms with van der Waals surface area (Å²) in [5, 5.41) is 22.5. The molecule has 20 heavy (non-hydrogen) atoms. The van der Waals surface area contributed by atoms with E-state index in [1.165, 1.54) is 30.3 Å². The van der Waals surface area contributed by atoms with Crippen LogP contribution in [0.1, 0.15) is 11.1 Å². The third kappa shape index (κ3) is 2.90. The van der Waals surface area contributed by atoms with Gasteiger partial charge in [-0.15, -0.1) is 0 Å². The van der Waals surface area contributed by atoms with Gasteiger partial charge in [-0.25, -0.2) is 4.39 Å². The molecule has 0 fully saturated rings. The predicted octanol–water partition coefficient (Wildman–Crippen LogP) is 3.66. The number of rotatable bonds is 3. The van der Waals surface area contributed by atoms with Crippen molar-refractivity contribution < 1.29 is 9.31 Å². The summed E-state index contributed by atoms with van der Waals surface area (Å²) in [7, 11) is 0. The maximum atomic E-state index is 13.3. The monoisotopic (exact) mass is 271 g/mol. The lowest BCUT2D eigenvalue weighted by Gasteiger charge is -2.08. The largest absolute Gasteiger partial charge is 0.355 e. The number of hydrogen-bond donors (Lipinski definition) is 1. The smallest absolute Gasteiger partial charge is 0.289 e. The van der Waals surface area contributed by atoms with Crippen molar-refractivity contribution in [2.45, 2.75) is 6.92 Å². The standard InChI is InChI=1S/C14H10FN3O2/c1-9-4-11(15)6-13(5-9)17-12-3-2-10(8-16)14(7-12)18(19)20/h2-7,17H,1H3. The first-order valence-electron chi connectivity index (χ1n) is 5.72. The van der Waals surface area contributed by atoms with E-state index in [-0.39, 0.29) is 11.3 Å². The quantitative estimate of drug-likeness (QED) is 0.682. The highest BCUT2D eigenvalue weighted by atomic mass is 19.1. The van der Waals surface area contributed by atoms with Gasteiger partial charge in [-0.3, -0.25) is 10.1 Å². The number of nitrogens with one attached hydrogen (secondary N) is 1. The molecule has 0 aliphatic rings. The van der Waals surface area contributed by atoms with Gasteiger partial charge < -0.3 is 5.32 Å². The van der Waals surface area contributed by atoms with Crippen LogP contribution in [0.25, 0.3) is 0 Å². The minimum Gasteiger partial charge on any atom is -0.355 e. The van der Waals surface area contributed by atoms with E-state index in [4.69, 9.17) is 5.26 Å². The molecule has 1 N–H and O–H groups in total. The van der Waals surface area contributed by atoms with Crippen LogP contribution in [0.15, 0.2) is 36.4 Å². The molecular formula is C14H10FN3O2. The van der Waals surface area contributed by atoms with Gasteiger partial charge in [0.2, 0.25) is 0 Å². The molecule has 100 valence electrons. The molecule has 0 atom stereocenters. The average Bonchev–Trinajstić information content (AvgIpc) is 2.37. The van der Waals surface area contributed by atoms with Crippen molar-refractivity contribution in [3.8, 4) is 6.07 Å². The van der Waals surface area contributed by atoms with E-state index < -0.39 is 10.7 Å². The van der Waals surface area contributed by atoms with Gasteiger partial charge in [-0.05, 0) is 42.8 Å². The van der Waals surface area contributed by atoms with Crippen molar-refractivity contribution in [3.05, 3.63) is 63.5 Å². The zero-order valence-corrected chi connectivity index (χ0v) is 10.6. The molecule has 0 amide bonds. The van der Waals surface area contributed by atoms with Crippen molar-refractivity contribution >= 4 is 17.1 Å². The Bertz CT molecular complexity index is 703. The van der Waals surface area contributed by atoms with Gasteiger partial charge in [0.15, 0.2) is 0 Å². The molecular weight excluding hydrogens is 261 g/mol. The summed E-state index contributed by atoms with van der Waals surface area (Å²) in [5.41, 5.74) is 1.33. The van der Waals surface area contributed by atoms with Gasteiger partial charge in [-0.1, -0.05) is 0 Å². The van der Waals surface area contributed by atoms with Crippen LogP contribution in [-0.4, -0.2) is 4.92 Å². The van der Waals surface area contributed by atoms with Crippen LogP contribution in [0.3, 0.4) is 0 Å². The number of nitriles is 1. The van der Waals surface area contributed by atoms with Gasteiger partial charge in [0.25, 0.3) is 5.69 Å². The van der Waals surface area contributed by atoms with Crippen LogP contribution in [0.2, 0.25) is 0 Å². The number of nitro benzene ring substituents is 1. The van der Waals surface area contributed by atoms with Gasteiger partial charge in [0.1, 0.15) is 17.4 Å². The average molecular weight is 271 g/mol. The topological polar surface area (TPSA) is 79.0 Å². The highest BCUT2D eigenvalue weighted by Crippen LogP contribution is 2.25. The second-order valence-corrected chi connectivity index (χ2v) is 4.24. The van der Waals surface area contributed by atoms with Crippen molar-refractivity contribution in [1.82, 2.24) is 0 Å². The van der Waals surface area contributed by atoms with E-state index in [0.29, 0.717) is 11.4 Å². The number of anilines is 2. The summed E-state index contributed by atoms with van der Waals surface area (Å²) >= 11 is 0. The molecule has 0 radical (unpaired) electrons. The van der Waals surface area contributed by atoms with Crippen LogP contribution >= 0.6 is 0 Å². The molecule has 0 spiro atoms. The Balaban J connectivity index is 2.37. The highest BCUT2D eigenvalue weighted by molar-refractivity contribution is 5.66. The Kier molecular flexibility index (Phi) is 3.62. The van der Waals surface area contributed by atoms with Crippen LogP contribution in [-0.2, 0) is 0 Å². The molecule has 2 aromatic rings. The molecule has 0 unspecified atom stereocenters. The minimum atomic E-state index is -0.624. The number of nitrogens with zero attached hydrogens (tertiary/aromatic N) is 2. The fourth-order valence-corrected chi connectivity index (χ4v) is 1.83. The van der Waals surface area contributed by atoms with Crippen LogP contribution in [0.4, 0.5) is 21.5 Å². The van der Waals surface area contributed by atoms with Crippen LogP contribution in [0, 0.1) is 34.2 Å². The first-order valence-corrected chi connectivity index (χ1v) is 5.72. The lowest BCUT2D eigenvalue weighted by molar-refractivity contribution is -0.385.